The van der Waals surface area contributed by atoms with Gasteiger partial charge in [0.05, 0.1) is 29.0 Å². The molecule has 8 saturated carbocycles. The highest BCUT2D eigenvalue weighted by atomic mass is 16.6. The lowest BCUT2D eigenvalue weighted by Crippen LogP contribution is -2.61. The fourth-order valence-corrected chi connectivity index (χ4v) is 12.4. The van der Waals surface area contributed by atoms with Gasteiger partial charge in [-0.15, -0.1) is 0 Å². The zero-order valence-electron chi connectivity index (χ0n) is 29.9. The number of cyclic esters (lactones) is 1. The van der Waals surface area contributed by atoms with Crippen LogP contribution in [-0.2, 0) is 38.1 Å². The summed E-state index contributed by atoms with van der Waals surface area (Å²) in [4.78, 5) is 54.6. The van der Waals surface area contributed by atoms with Crippen molar-refractivity contribution in [3.8, 4) is 0 Å². The summed E-state index contributed by atoms with van der Waals surface area (Å²) >= 11 is 0. The predicted octanol–water partition coefficient (Wildman–Crippen LogP) is 6.46. The van der Waals surface area contributed by atoms with Gasteiger partial charge >= 0.3 is 23.9 Å². The Morgan fingerprint density at radius 1 is 0.854 bits per heavy atom. The van der Waals surface area contributed by atoms with E-state index in [0.29, 0.717) is 42.9 Å². The van der Waals surface area contributed by atoms with Crippen molar-refractivity contribution in [2.75, 3.05) is 6.61 Å². The van der Waals surface area contributed by atoms with Crippen LogP contribution in [0.1, 0.15) is 137 Å². The predicted molar refractivity (Wildman–Crippen MR) is 175 cm³/mol. The largest absolute Gasteiger partial charge is 0.463 e. The minimum Gasteiger partial charge on any atom is -0.463 e. The van der Waals surface area contributed by atoms with E-state index in [1.807, 2.05) is 13.8 Å². The van der Waals surface area contributed by atoms with Gasteiger partial charge in [0.1, 0.15) is 11.2 Å². The number of hydrogen-bond acceptors (Lipinski definition) is 9. The van der Waals surface area contributed by atoms with Crippen LogP contribution in [0.25, 0.3) is 0 Å². The van der Waals surface area contributed by atoms with E-state index in [4.69, 9.17) is 18.9 Å². The first-order chi connectivity index (χ1) is 22.6. The normalized spacial score (nSPS) is 42.6. The summed E-state index contributed by atoms with van der Waals surface area (Å²) < 4.78 is 23.9. The van der Waals surface area contributed by atoms with Gasteiger partial charge in [0.15, 0.2) is 0 Å². The molecule has 48 heavy (non-hydrogen) atoms. The van der Waals surface area contributed by atoms with Crippen molar-refractivity contribution >= 4 is 23.9 Å². The number of carbonyl (C=O) groups excluding carboxylic acids is 4. The highest BCUT2D eigenvalue weighted by Crippen LogP contribution is 2.62. The Kier molecular flexibility index (Phi) is 8.55. The average Bonchev–Trinajstić information content (AvgIpc) is 3.40. The highest BCUT2D eigenvalue weighted by Gasteiger charge is 2.61. The van der Waals surface area contributed by atoms with Gasteiger partial charge < -0.3 is 24.1 Å². The van der Waals surface area contributed by atoms with E-state index in [9.17, 15) is 24.3 Å². The third kappa shape index (κ3) is 6.00. The molecule has 0 aromatic carbocycles. The van der Waals surface area contributed by atoms with Gasteiger partial charge in [0.2, 0.25) is 6.10 Å². The van der Waals surface area contributed by atoms with Crippen molar-refractivity contribution in [1.29, 1.82) is 0 Å². The molecule has 0 aromatic rings. The fraction of sp³-hybridized carbons (Fsp3) is 0.897. The average molecular weight is 671 g/mol. The van der Waals surface area contributed by atoms with Crippen LogP contribution < -0.4 is 0 Å². The van der Waals surface area contributed by atoms with Gasteiger partial charge in [-0.3, -0.25) is 14.4 Å². The Labute approximate surface area is 285 Å². The van der Waals surface area contributed by atoms with E-state index >= 15 is 0 Å². The first kappa shape index (κ1) is 34.3. The second-order valence-corrected chi connectivity index (χ2v) is 18.5. The van der Waals surface area contributed by atoms with Crippen molar-refractivity contribution in [2.24, 2.45) is 52.3 Å². The van der Waals surface area contributed by atoms with Crippen molar-refractivity contribution in [3.63, 3.8) is 0 Å². The van der Waals surface area contributed by atoms with E-state index in [0.717, 1.165) is 76.0 Å². The molecule has 9 heteroatoms. The molecule has 9 nitrogen and oxygen atoms in total. The Morgan fingerprint density at radius 3 is 1.98 bits per heavy atom. The van der Waals surface area contributed by atoms with Gasteiger partial charge in [-0.25, -0.2) is 4.79 Å². The van der Waals surface area contributed by atoms with Crippen molar-refractivity contribution in [3.05, 3.63) is 0 Å². The Balaban J connectivity index is 1.13. The Bertz CT molecular complexity index is 1280. The first-order valence-electron chi connectivity index (χ1n) is 19.2. The fourth-order valence-electron chi connectivity index (χ4n) is 12.4. The SMILES string of the molecule is CCC(C)(CC(CC(C)(C)C(=O)OC1CCOC1=O)C(=O)OC12CC3CC(CC(O)(C3)C1)C2)C(=O)OC1(CC)C2CC3CC(C2)CC1C3. The van der Waals surface area contributed by atoms with E-state index in [2.05, 4.69) is 6.92 Å². The molecule has 8 aliphatic carbocycles. The molecule has 0 aromatic heterocycles. The molecule has 9 fully saturated rings. The Morgan fingerprint density at radius 2 is 1.46 bits per heavy atom. The maximum atomic E-state index is 14.5. The number of rotatable bonds is 12. The molecule has 1 heterocycles. The lowest BCUT2D eigenvalue weighted by molar-refractivity contribution is -0.225. The summed E-state index contributed by atoms with van der Waals surface area (Å²) in [6.45, 7) is 9.70. The summed E-state index contributed by atoms with van der Waals surface area (Å²) in [7, 11) is 0. The molecular weight excluding hydrogens is 612 g/mol. The second kappa shape index (κ2) is 12.0. The van der Waals surface area contributed by atoms with Crippen molar-refractivity contribution in [2.45, 2.75) is 160 Å². The summed E-state index contributed by atoms with van der Waals surface area (Å²) in [6.07, 6.45) is 11.3. The number of carbonyl (C=O) groups is 4. The van der Waals surface area contributed by atoms with Gasteiger partial charge in [-0.1, -0.05) is 13.8 Å². The molecule has 8 bridgehead atoms. The molecule has 1 saturated heterocycles. The monoisotopic (exact) mass is 670 g/mol. The van der Waals surface area contributed by atoms with Crippen LogP contribution in [0.2, 0.25) is 0 Å². The Hall–Kier alpha value is -2.16. The van der Waals surface area contributed by atoms with Crippen LogP contribution in [0.15, 0.2) is 0 Å². The number of esters is 4. The van der Waals surface area contributed by atoms with Crippen LogP contribution >= 0.6 is 0 Å². The van der Waals surface area contributed by atoms with Crippen LogP contribution in [-0.4, -0.2) is 58.5 Å². The van der Waals surface area contributed by atoms with E-state index < -0.39 is 57.6 Å². The molecule has 268 valence electrons. The van der Waals surface area contributed by atoms with Crippen LogP contribution in [0, 0.1) is 52.3 Å². The number of aliphatic hydroxyl groups is 1. The molecule has 0 radical (unpaired) electrons. The van der Waals surface area contributed by atoms with Gasteiger partial charge in [-0.2, -0.15) is 0 Å². The maximum absolute atomic E-state index is 14.5. The highest BCUT2D eigenvalue weighted by molar-refractivity contribution is 5.84. The molecule has 5 unspecified atom stereocenters. The molecule has 5 atom stereocenters. The summed E-state index contributed by atoms with van der Waals surface area (Å²) in [5.74, 6) is 0.355. The summed E-state index contributed by atoms with van der Waals surface area (Å²) in [5.41, 5.74) is -4.09. The molecular formula is C39H58O9. The van der Waals surface area contributed by atoms with Crippen LogP contribution in [0.5, 0.6) is 0 Å². The topological polar surface area (TPSA) is 125 Å². The van der Waals surface area contributed by atoms with E-state index in [1.165, 1.54) is 6.42 Å². The minimum atomic E-state index is -1.14. The maximum Gasteiger partial charge on any atom is 0.347 e. The lowest BCUT2D eigenvalue weighted by atomic mass is 9.49. The number of hydrogen-bond donors (Lipinski definition) is 1. The molecule has 0 spiro atoms. The van der Waals surface area contributed by atoms with Crippen LogP contribution in [0.4, 0.5) is 0 Å². The molecule has 1 N–H and O–H groups in total. The number of ether oxygens (including phenoxy) is 4. The smallest absolute Gasteiger partial charge is 0.347 e. The van der Waals surface area contributed by atoms with Crippen molar-refractivity contribution in [1.82, 2.24) is 0 Å². The molecule has 1 aliphatic heterocycles. The van der Waals surface area contributed by atoms with Gasteiger partial charge in [0.25, 0.3) is 0 Å². The third-order valence-corrected chi connectivity index (χ3v) is 14.4. The molecule has 0 amide bonds. The molecule has 9 rings (SSSR count). The van der Waals surface area contributed by atoms with Crippen molar-refractivity contribution < 1.29 is 43.2 Å². The summed E-state index contributed by atoms with van der Waals surface area (Å²) in [5, 5.41) is 11.4. The quantitative estimate of drug-likeness (QED) is 0.184. The van der Waals surface area contributed by atoms with Crippen LogP contribution in [0.3, 0.4) is 0 Å². The molecule has 9 aliphatic rings. The van der Waals surface area contributed by atoms with Gasteiger partial charge in [-0.05, 0) is 146 Å². The van der Waals surface area contributed by atoms with Gasteiger partial charge in [0, 0.05) is 12.8 Å². The standard InChI is InChI=1S/C39H58O9/c1-6-36(5,34(43)48-39(7-2)28-12-23-10-24(14-28)15-29(39)13-23)21-27(20-35(3,4)33(42)46-30-8-9-45-32(30)41)31(40)47-38-18-25-11-26(19-38)17-37(44,16-25)22-38/h23-30,44H,6-22H2,1-5H3. The first-order valence-corrected chi connectivity index (χ1v) is 19.2. The third-order valence-electron chi connectivity index (χ3n) is 14.4. The van der Waals surface area contributed by atoms with E-state index in [-0.39, 0.29) is 25.4 Å². The zero-order valence-corrected chi connectivity index (χ0v) is 29.9. The summed E-state index contributed by atoms with van der Waals surface area (Å²) in [6, 6.07) is 0. The second-order valence-electron chi connectivity index (χ2n) is 18.5. The lowest BCUT2D eigenvalue weighted by Gasteiger charge is -2.60. The minimum absolute atomic E-state index is 0.0933. The zero-order chi connectivity index (χ0) is 34.3. The van der Waals surface area contributed by atoms with E-state index in [1.54, 1.807) is 13.8 Å².